The Bertz CT molecular complexity index is 815. The number of nitrogens with zero attached hydrogens (tertiary/aromatic N) is 5. The topological polar surface area (TPSA) is 48.7 Å². The first-order chi connectivity index (χ1) is 12.3. The number of hydrogen-bond donors (Lipinski definition) is 1. The molecule has 3 aliphatic heterocycles. The van der Waals surface area contributed by atoms with Gasteiger partial charge in [-0.2, -0.15) is 5.10 Å². The van der Waals surface area contributed by atoms with E-state index in [0.29, 0.717) is 0 Å². The van der Waals surface area contributed by atoms with Crippen molar-refractivity contribution in [2.24, 2.45) is 12.0 Å². The van der Waals surface area contributed by atoms with E-state index in [1.165, 1.54) is 22.8 Å². The SMILES string of the molecule is Cn1nccc1CN1CCC2(CC1)Nc1ccccc1C1=NCCN12. The van der Waals surface area contributed by atoms with Gasteiger partial charge in [0.1, 0.15) is 11.5 Å². The van der Waals surface area contributed by atoms with Crippen LogP contribution in [0.5, 0.6) is 0 Å². The Morgan fingerprint density at radius 2 is 1.96 bits per heavy atom. The highest BCUT2D eigenvalue weighted by molar-refractivity contribution is 6.06. The van der Waals surface area contributed by atoms with Crippen LogP contribution in [0.25, 0.3) is 0 Å². The van der Waals surface area contributed by atoms with Gasteiger partial charge in [-0.3, -0.25) is 14.6 Å². The second kappa shape index (κ2) is 5.59. The molecule has 1 spiro atoms. The van der Waals surface area contributed by atoms with E-state index in [4.69, 9.17) is 4.99 Å². The molecule has 6 nitrogen and oxygen atoms in total. The van der Waals surface area contributed by atoms with Gasteiger partial charge in [0, 0.05) is 63.5 Å². The maximum absolute atomic E-state index is 4.82. The van der Waals surface area contributed by atoms with Crippen molar-refractivity contribution in [1.82, 2.24) is 19.6 Å². The van der Waals surface area contributed by atoms with Crippen LogP contribution in [0, 0.1) is 0 Å². The Balaban J connectivity index is 1.37. The lowest BCUT2D eigenvalue weighted by Gasteiger charge is -2.52. The second-order valence-corrected chi connectivity index (χ2v) is 7.28. The summed E-state index contributed by atoms with van der Waals surface area (Å²) in [6.45, 7) is 5.09. The van der Waals surface area contributed by atoms with Crippen molar-refractivity contribution in [3.8, 4) is 0 Å². The highest BCUT2D eigenvalue weighted by atomic mass is 15.4. The molecule has 5 rings (SSSR count). The predicted molar refractivity (Wildman–Crippen MR) is 98.6 cm³/mol. The smallest absolute Gasteiger partial charge is 0.134 e. The normalized spacial score (nSPS) is 21.6. The van der Waals surface area contributed by atoms with Crippen molar-refractivity contribution < 1.29 is 0 Å². The fourth-order valence-corrected chi connectivity index (χ4v) is 4.46. The van der Waals surface area contributed by atoms with Crippen LogP contribution in [-0.4, -0.2) is 57.3 Å². The molecular weight excluding hydrogens is 312 g/mol. The number of rotatable bonds is 2. The molecule has 25 heavy (non-hydrogen) atoms. The number of amidine groups is 1. The summed E-state index contributed by atoms with van der Waals surface area (Å²) < 4.78 is 1.98. The van der Waals surface area contributed by atoms with Crippen molar-refractivity contribution >= 4 is 11.5 Å². The molecule has 1 aromatic carbocycles. The molecule has 6 heteroatoms. The van der Waals surface area contributed by atoms with Gasteiger partial charge in [-0.05, 0) is 18.2 Å². The van der Waals surface area contributed by atoms with Gasteiger partial charge >= 0.3 is 0 Å². The quantitative estimate of drug-likeness (QED) is 0.910. The number of piperidine rings is 1. The minimum Gasteiger partial charge on any atom is -0.362 e. The molecule has 0 saturated carbocycles. The minimum atomic E-state index is 0.0205. The van der Waals surface area contributed by atoms with Gasteiger partial charge < -0.3 is 10.2 Å². The van der Waals surface area contributed by atoms with E-state index in [0.717, 1.165) is 45.6 Å². The fraction of sp³-hybridized carbons (Fsp3) is 0.474. The number of likely N-dealkylation sites (tertiary alicyclic amines) is 1. The van der Waals surface area contributed by atoms with Crippen LogP contribution in [-0.2, 0) is 13.6 Å². The third kappa shape index (κ3) is 2.35. The summed E-state index contributed by atoms with van der Waals surface area (Å²) >= 11 is 0. The van der Waals surface area contributed by atoms with Gasteiger partial charge in [0.25, 0.3) is 0 Å². The molecule has 0 unspecified atom stereocenters. The summed E-state index contributed by atoms with van der Waals surface area (Å²) in [5.74, 6) is 1.19. The van der Waals surface area contributed by atoms with Crippen molar-refractivity contribution in [3.63, 3.8) is 0 Å². The standard InChI is InChI=1S/C19H24N6/c1-23-15(6-9-21-23)14-24-11-7-19(8-12-24)22-17-5-3-2-4-16(17)18-20-10-13-25(18)19/h2-6,9,22H,7-8,10-14H2,1H3. The van der Waals surface area contributed by atoms with E-state index in [9.17, 15) is 0 Å². The maximum Gasteiger partial charge on any atom is 0.134 e. The van der Waals surface area contributed by atoms with Crippen LogP contribution in [0.1, 0.15) is 24.1 Å². The Morgan fingerprint density at radius 1 is 1.12 bits per heavy atom. The zero-order chi connectivity index (χ0) is 16.9. The second-order valence-electron chi connectivity index (χ2n) is 7.28. The molecule has 4 heterocycles. The van der Waals surface area contributed by atoms with Crippen LogP contribution in [0.2, 0.25) is 0 Å². The molecule has 0 aliphatic carbocycles. The first kappa shape index (κ1) is 15.0. The third-order valence-electron chi connectivity index (χ3n) is 5.88. The third-order valence-corrected chi connectivity index (χ3v) is 5.88. The predicted octanol–water partition coefficient (Wildman–Crippen LogP) is 1.90. The largest absolute Gasteiger partial charge is 0.362 e. The van der Waals surface area contributed by atoms with Crippen LogP contribution >= 0.6 is 0 Å². The Labute approximate surface area is 148 Å². The highest BCUT2D eigenvalue weighted by Crippen LogP contribution is 2.39. The monoisotopic (exact) mass is 336 g/mol. The molecule has 130 valence electrons. The van der Waals surface area contributed by atoms with Gasteiger partial charge in [0.15, 0.2) is 0 Å². The molecule has 1 fully saturated rings. The number of para-hydroxylation sites is 1. The van der Waals surface area contributed by atoms with E-state index in [-0.39, 0.29) is 5.66 Å². The van der Waals surface area contributed by atoms with Gasteiger partial charge in [0.2, 0.25) is 0 Å². The zero-order valence-corrected chi connectivity index (χ0v) is 14.6. The number of aliphatic imine (C=N–C) groups is 1. The number of anilines is 1. The number of fused-ring (bicyclic) bond motifs is 4. The van der Waals surface area contributed by atoms with Crippen molar-refractivity contribution in [2.45, 2.75) is 25.0 Å². The lowest BCUT2D eigenvalue weighted by Crippen LogP contribution is -2.63. The average Bonchev–Trinajstić information content (AvgIpc) is 3.28. The van der Waals surface area contributed by atoms with Gasteiger partial charge in [0.05, 0.1) is 12.2 Å². The molecular formula is C19H24N6. The summed E-state index contributed by atoms with van der Waals surface area (Å²) in [6, 6.07) is 10.7. The van der Waals surface area contributed by atoms with E-state index < -0.39 is 0 Å². The lowest BCUT2D eigenvalue weighted by molar-refractivity contribution is 0.0882. The van der Waals surface area contributed by atoms with Crippen molar-refractivity contribution in [2.75, 3.05) is 31.5 Å². The molecule has 1 aromatic heterocycles. The number of benzene rings is 1. The number of aryl methyl sites for hydroxylation is 1. The summed E-state index contributed by atoms with van der Waals surface area (Å²) in [5.41, 5.74) is 3.79. The molecule has 2 aromatic rings. The zero-order valence-electron chi connectivity index (χ0n) is 14.6. The molecule has 3 aliphatic rings. The molecule has 0 bridgehead atoms. The Morgan fingerprint density at radius 3 is 2.76 bits per heavy atom. The molecule has 1 N–H and O–H groups in total. The van der Waals surface area contributed by atoms with Crippen LogP contribution in [0.4, 0.5) is 5.69 Å². The molecule has 0 amide bonds. The first-order valence-electron chi connectivity index (χ1n) is 9.14. The Hall–Kier alpha value is -2.34. The van der Waals surface area contributed by atoms with E-state index >= 15 is 0 Å². The lowest BCUT2D eigenvalue weighted by atomic mass is 9.90. The first-order valence-corrected chi connectivity index (χ1v) is 9.14. The van der Waals surface area contributed by atoms with E-state index in [1.807, 2.05) is 17.9 Å². The van der Waals surface area contributed by atoms with E-state index in [2.05, 4.69) is 50.5 Å². The van der Waals surface area contributed by atoms with Gasteiger partial charge in [-0.1, -0.05) is 12.1 Å². The van der Waals surface area contributed by atoms with E-state index in [1.54, 1.807) is 0 Å². The van der Waals surface area contributed by atoms with Crippen molar-refractivity contribution in [3.05, 3.63) is 47.8 Å². The summed E-state index contributed by atoms with van der Waals surface area (Å²) in [6.07, 6.45) is 4.10. The minimum absolute atomic E-state index is 0.0205. The number of aromatic nitrogens is 2. The van der Waals surface area contributed by atoms with Gasteiger partial charge in [-0.15, -0.1) is 0 Å². The van der Waals surface area contributed by atoms with Crippen LogP contribution < -0.4 is 5.32 Å². The van der Waals surface area contributed by atoms with Crippen molar-refractivity contribution in [1.29, 1.82) is 0 Å². The van der Waals surface area contributed by atoms with Crippen LogP contribution in [0.3, 0.4) is 0 Å². The average molecular weight is 336 g/mol. The highest BCUT2D eigenvalue weighted by Gasteiger charge is 2.46. The maximum atomic E-state index is 4.82. The number of hydrogen-bond acceptors (Lipinski definition) is 5. The molecule has 0 atom stereocenters. The summed E-state index contributed by atoms with van der Waals surface area (Å²) in [4.78, 5) is 9.88. The van der Waals surface area contributed by atoms with Gasteiger partial charge in [-0.25, -0.2) is 0 Å². The molecule has 0 radical (unpaired) electrons. The summed E-state index contributed by atoms with van der Waals surface area (Å²) in [5, 5.41) is 8.16. The van der Waals surface area contributed by atoms with Crippen LogP contribution in [0.15, 0.2) is 41.5 Å². The summed E-state index contributed by atoms with van der Waals surface area (Å²) in [7, 11) is 2.02. The number of nitrogens with one attached hydrogen (secondary N) is 1. The Kier molecular flexibility index (Phi) is 3.35. The molecule has 1 saturated heterocycles. The fourth-order valence-electron chi connectivity index (χ4n) is 4.46.